The SMILES string of the molecule is CCc1ccc(OCc2c(CC(=O)NC)cccc2OC)c(Br)c1. The molecule has 2 aromatic carbocycles. The van der Waals surface area contributed by atoms with Gasteiger partial charge in [-0.2, -0.15) is 0 Å². The van der Waals surface area contributed by atoms with Crippen LogP contribution in [-0.4, -0.2) is 20.1 Å². The van der Waals surface area contributed by atoms with Crippen LogP contribution in [-0.2, 0) is 24.2 Å². The van der Waals surface area contributed by atoms with Crippen molar-refractivity contribution in [3.63, 3.8) is 0 Å². The molecule has 0 fully saturated rings. The van der Waals surface area contributed by atoms with Gasteiger partial charge < -0.3 is 14.8 Å². The van der Waals surface area contributed by atoms with E-state index < -0.39 is 0 Å². The quantitative estimate of drug-likeness (QED) is 0.778. The average Bonchev–Trinajstić information content (AvgIpc) is 2.60. The molecule has 0 unspecified atom stereocenters. The van der Waals surface area contributed by atoms with Crippen molar-refractivity contribution >= 4 is 21.8 Å². The molecule has 0 heterocycles. The molecule has 0 aliphatic heterocycles. The van der Waals surface area contributed by atoms with Crippen LogP contribution in [0.2, 0.25) is 0 Å². The fourth-order valence-electron chi connectivity index (χ4n) is 2.42. The highest BCUT2D eigenvalue weighted by atomic mass is 79.9. The predicted octanol–water partition coefficient (Wildman–Crippen LogP) is 3.89. The standard InChI is InChI=1S/C19H22BrNO3/c1-4-13-8-9-18(16(20)10-13)24-12-15-14(11-19(22)21-2)6-5-7-17(15)23-3/h5-10H,4,11-12H2,1-3H3,(H,21,22). The Morgan fingerprint density at radius 1 is 1.21 bits per heavy atom. The Hall–Kier alpha value is -2.01. The van der Waals surface area contributed by atoms with Crippen LogP contribution in [0.25, 0.3) is 0 Å². The molecule has 0 aliphatic carbocycles. The predicted molar refractivity (Wildman–Crippen MR) is 98.6 cm³/mol. The molecule has 24 heavy (non-hydrogen) atoms. The van der Waals surface area contributed by atoms with Gasteiger partial charge in [-0.1, -0.05) is 25.1 Å². The molecule has 1 N–H and O–H groups in total. The molecule has 0 atom stereocenters. The Kier molecular flexibility index (Phi) is 6.67. The summed E-state index contributed by atoms with van der Waals surface area (Å²) in [6.07, 6.45) is 1.27. The van der Waals surface area contributed by atoms with Crippen molar-refractivity contribution in [2.45, 2.75) is 26.4 Å². The maximum Gasteiger partial charge on any atom is 0.224 e. The lowest BCUT2D eigenvalue weighted by molar-refractivity contribution is -0.119. The van der Waals surface area contributed by atoms with E-state index in [0.717, 1.165) is 33.5 Å². The van der Waals surface area contributed by atoms with Gasteiger partial charge in [0.1, 0.15) is 18.1 Å². The number of likely N-dealkylation sites (N-methyl/N-ethyl adjacent to an activating group) is 1. The van der Waals surface area contributed by atoms with Crippen LogP contribution < -0.4 is 14.8 Å². The van der Waals surface area contributed by atoms with Gasteiger partial charge in [0.25, 0.3) is 0 Å². The molecular formula is C19H22BrNO3. The Morgan fingerprint density at radius 3 is 2.62 bits per heavy atom. The van der Waals surface area contributed by atoms with Crippen LogP contribution in [0.5, 0.6) is 11.5 Å². The number of amides is 1. The summed E-state index contributed by atoms with van der Waals surface area (Å²) in [5, 5.41) is 2.65. The fourth-order valence-corrected chi connectivity index (χ4v) is 2.97. The number of rotatable bonds is 7. The normalized spacial score (nSPS) is 10.3. The van der Waals surface area contributed by atoms with Crippen molar-refractivity contribution in [1.82, 2.24) is 5.32 Å². The van der Waals surface area contributed by atoms with E-state index in [1.165, 1.54) is 5.56 Å². The molecule has 0 aromatic heterocycles. The van der Waals surface area contributed by atoms with Crippen LogP contribution in [0.1, 0.15) is 23.6 Å². The van der Waals surface area contributed by atoms with E-state index in [4.69, 9.17) is 9.47 Å². The van der Waals surface area contributed by atoms with Gasteiger partial charge in [0.2, 0.25) is 5.91 Å². The van der Waals surface area contributed by atoms with Gasteiger partial charge in [0.05, 0.1) is 18.0 Å². The minimum atomic E-state index is -0.0435. The second-order valence-corrected chi connectivity index (χ2v) is 6.21. The minimum Gasteiger partial charge on any atom is -0.496 e. The number of nitrogens with one attached hydrogen (secondary N) is 1. The van der Waals surface area contributed by atoms with Crippen molar-refractivity contribution in [2.24, 2.45) is 0 Å². The summed E-state index contributed by atoms with van der Waals surface area (Å²) in [7, 11) is 3.25. The van der Waals surface area contributed by atoms with Crippen LogP contribution in [0.4, 0.5) is 0 Å². The summed E-state index contributed by atoms with van der Waals surface area (Å²) >= 11 is 3.55. The first-order chi connectivity index (χ1) is 11.6. The number of ether oxygens (including phenoxy) is 2. The van der Waals surface area contributed by atoms with E-state index in [2.05, 4.69) is 34.2 Å². The van der Waals surface area contributed by atoms with E-state index in [-0.39, 0.29) is 5.91 Å². The van der Waals surface area contributed by atoms with E-state index in [1.54, 1.807) is 14.2 Å². The zero-order valence-corrected chi connectivity index (χ0v) is 15.8. The summed E-state index contributed by atoms with van der Waals surface area (Å²) < 4.78 is 12.3. The fraction of sp³-hybridized carbons (Fsp3) is 0.316. The third-order valence-electron chi connectivity index (χ3n) is 3.86. The third kappa shape index (κ3) is 4.51. The van der Waals surface area contributed by atoms with Crippen LogP contribution in [0.3, 0.4) is 0 Å². The zero-order valence-electron chi connectivity index (χ0n) is 14.2. The van der Waals surface area contributed by atoms with E-state index in [1.807, 2.05) is 30.3 Å². The van der Waals surface area contributed by atoms with Crippen molar-refractivity contribution in [2.75, 3.05) is 14.2 Å². The Bertz CT molecular complexity index is 716. The molecule has 2 aromatic rings. The van der Waals surface area contributed by atoms with Crippen molar-refractivity contribution in [1.29, 1.82) is 0 Å². The lowest BCUT2D eigenvalue weighted by atomic mass is 10.0. The number of methoxy groups -OCH3 is 1. The highest BCUT2D eigenvalue weighted by molar-refractivity contribution is 9.10. The van der Waals surface area contributed by atoms with Crippen molar-refractivity contribution in [3.05, 3.63) is 57.6 Å². The Balaban J connectivity index is 2.23. The Morgan fingerprint density at radius 2 is 2.00 bits per heavy atom. The third-order valence-corrected chi connectivity index (χ3v) is 4.48. The first-order valence-electron chi connectivity index (χ1n) is 7.85. The van der Waals surface area contributed by atoms with Gasteiger partial charge in [0.15, 0.2) is 0 Å². The van der Waals surface area contributed by atoms with Gasteiger partial charge in [-0.25, -0.2) is 0 Å². The largest absolute Gasteiger partial charge is 0.496 e. The molecule has 0 saturated heterocycles. The number of halogens is 1. The molecule has 0 bridgehead atoms. The number of hydrogen-bond donors (Lipinski definition) is 1. The van der Waals surface area contributed by atoms with E-state index in [9.17, 15) is 4.79 Å². The van der Waals surface area contributed by atoms with Gasteiger partial charge in [-0.3, -0.25) is 4.79 Å². The lowest BCUT2D eigenvalue weighted by Gasteiger charge is -2.15. The van der Waals surface area contributed by atoms with E-state index in [0.29, 0.717) is 13.0 Å². The topological polar surface area (TPSA) is 47.6 Å². The number of aryl methyl sites for hydroxylation is 1. The molecule has 0 aliphatic rings. The number of carbonyl (C=O) groups is 1. The van der Waals surface area contributed by atoms with E-state index >= 15 is 0 Å². The number of benzene rings is 2. The van der Waals surface area contributed by atoms with Crippen molar-refractivity contribution < 1.29 is 14.3 Å². The molecule has 0 spiro atoms. The summed E-state index contributed by atoms with van der Waals surface area (Å²) in [5.74, 6) is 1.44. The highest BCUT2D eigenvalue weighted by Gasteiger charge is 2.13. The van der Waals surface area contributed by atoms with Crippen LogP contribution in [0, 0.1) is 0 Å². The first kappa shape index (κ1) is 18.3. The minimum absolute atomic E-state index is 0.0435. The number of carbonyl (C=O) groups excluding carboxylic acids is 1. The van der Waals surface area contributed by atoms with Gasteiger partial charge in [-0.15, -0.1) is 0 Å². The van der Waals surface area contributed by atoms with Crippen LogP contribution in [0.15, 0.2) is 40.9 Å². The second kappa shape index (κ2) is 8.73. The second-order valence-electron chi connectivity index (χ2n) is 5.35. The molecule has 5 heteroatoms. The van der Waals surface area contributed by atoms with Gasteiger partial charge in [0, 0.05) is 12.6 Å². The highest BCUT2D eigenvalue weighted by Crippen LogP contribution is 2.29. The van der Waals surface area contributed by atoms with Crippen molar-refractivity contribution in [3.8, 4) is 11.5 Å². The smallest absolute Gasteiger partial charge is 0.224 e. The maximum absolute atomic E-state index is 11.7. The first-order valence-corrected chi connectivity index (χ1v) is 8.64. The Labute approximate surface area is 151 Å². The lowest BCUT2D eigenvalue weighted by Crippen LogP contribution is -2.21. The number of hydrogen-bond acceptors (Lipinski definition) is 3. The maximum atomic E-state index is 11.7. The summed E-state index contributed by atoms with van der Waals surface area (Å²) in [4.78, 5) is 11.7. The summed E-state index contributed by atoms with van der Waals surface area (Å²) in [5.41, 5.74) is 3.02. The molecular weight excluding hydrogens is 370 g/mol. The monoisotopic (exact) mass is 391 g/mol. The average molecular weight is 392 g/mol. The van der Waals surface area contributed by atoms with Crippen LogP contribution >= 0.6 is 15.9 Å². The molecule has 4 nitrogen and oxygen atoms in total. The summed E-state index contributed by atoms with van der Waals surface area (Å²) in [6, 6.07) is 11.7. The molecule has 2 rings (SSSR count). The summed E-state index contributed by atoms with van der Waals surface area (Å²) in [6.45, 7) is 2.45. The van der Waals surface area contributed by atoms with Gasteiger partial charge >= 0.3 is 0 Å². The molecule has 128 valence electrons. The zero-order chi connectivity index (χ0) is 17.5. The molecule has 0 radical (unpaired) electrons. The molecule has 0 saturated carbocycles. The van der Waals surface area contributed by atoms with Gasteiger partial charge in [-0.05, 0) is 51.7 Å². The molecule has 1 amide bonds.